The molecule has 0 aliphatic heterocycles. The molecular weight excluding hydrogens is 351 g/mol. The fourth-order valence-electron chi connectivity index (χ4n) is 3.14. The molecule has 1 amide bonds. The summed E-state index contributed by atoms with van der Waals surface area (Å²) in [7, 11) is 1.57. The zero-order chi connectivity index (χ0) is 16.8. The summed E-state index contributed by atoms with van der Waals surface area (Å²) in [5.74, 6) is 1.51. The summed E-state index contributed by atoms with van der Waals surface area (Å²) in [4.78, 5) is 12.3. The van der Waals surface area contributed by atoms with Gasteiger partial charge in [-0.05, 0) is 49.9 Å². The molecule has 1 aliphatic carbocycles. The summed E-state index contributed by atoms with van der Waals surface area (Å²) in [6, 6.07) is 3.64. The molecule has 24 heavy (non-hydrogen) atoms. The monoisotopic (exact) mass is 376 g/mol. The van der Waals surface area contributed by atoms with E-state index < -0.39 is 0 Å². The summed E-state index contributed by atoms with van der Waals surface area (Å²) >= 11 is 6.25. The van der Waals surface area contributed by atoms with Crippen LogP contribution < -0.4 is 20.5 Å². The first-order valence-electron chi connectivity index (χ1n) is 8.07. The number of nitrogens with two attached hydrogens (primary N) is 1. The number of benzene rings is 1. The van der Waals surface area contributed by atoms with Gasteiger partial charge in [0, 0.05) is 12.5 Å². The second kappa shape index (κ2) is 9.97. The summed E-state index contributed by atoms with van der Waals surface area (Å²) in [5, 5.41) is 3.47. The Bertz CT molecular complexity index is 555. The van der Waals surface area contributed by atoms with E-state index >= 15 is 0 Å². The van der Waals surface area contributed by atoms with E-state index in [1.54, 1.807) is 13.2 Å². The van der Waals surface area contributed by atoms with Gasteiger partial charge in [0.25, 0.3) is 0 Å². The molecule has 2 rings (SSSR count). The number of hydrogen-bond acceptors (Lipinski definition) is 4. The highest BCUT2D eigenvalue weighted by molar-refractivity contribution is 6.32. The first-order chi connectivity index (χ1) is 11.1. The van der Waals surface area contributed by atoms with Gasteiger partial charge in [0.2, 0.25) is 5.91 Å². The van der Waals surface area contributed by atoms with Gasteiger partial charge < -0.3 is 20.5 Å². The third-order valence-corrected chi connectivity index (χ3v) is 4.62. The molecule has 2 atom stereocenters. The summed E-state index contributed by atoms with van der Waals surface area (Å²) < 4.78 is 10.8. The highest BCUT2D eigenvalue weighted by Gasteiger charge is 2.31. The van der Waals surface area contributed by atoms with Crippen LogP contribution in [0.4, 0.5) is 0 Å². The molecule has 0 unspecified atom stereocenters. The SMILES string of the molecule is CCOc1c(Cl)cc(CNC(=O)[C@@H]2CCC[C@@H]2CN)cc1OC.Cl. The molecule has 3 N–H and O–H groups in total. The number of rotatable bonds is 7. The molecular formula is C17H26Cl2N2O3. The number of amides is 1. The smallest absolute Gasteiger partial charge is 0.223 e. The zero-order valence-corrected chi connectivity index (χ0v) is 15.7. The molecule has 1 aromatic carbocycles. The van der Waals surface area contributed by atoms with Crippen molar-refractivity contribution in [3.8, 4) is 11.5 Å². The minimum Gasteiger partial charge on any atom is -0.493 e. The molecule has 0 radical (unpaired) electrons. The van der Waals surface area contributed by atoms with Gasteiger partial charge in [0.05, 0.1) is 18.7 Å². The second-order valence-corrected chi connectivity index (χ2v) is 6.20. The largest absolute Gasteiger partial charge is 0.493 e. The molecule has 1 saturated carbocycles. The molecule has 0 saturated heterocycles. The third-order valence-electron chi connectivity index (χ3n) is 4.34. The van der Waals surface area contributed by atoms with Crippen LogP contribution in [0.3, 0.4) is 0 Å². The Kier molecular flexibility index (Phi) is 8.67. The Labute approximate surface area is 154 Å². The zero-order valence-electron chi connectivity index (χ0n) is 14.1. The van der Waals surface area contributed by atoms with Gasteiger partial charge in [-0.25, -0.2) is 0 Å². The second-order valence-electron chi connectivity index (χ2n) is 5.79. The van der Waals surface area contributed by atoms with Crippen LogP contribution in [0.15, 0.2) is 12.1 Å². The van der Waals surface area contributed by atoms with Crippen molar-refractivity contribution in [3.05, 3.63) is 22.7 Å². The van der Waals surface area contributed by atoms with Gasteiger partial charge >= 0.3 is 0 Å². The molecule has 5 nitrogen and oxygen atoms in total. The fraction of sp³-hybridized carbons (Fsp3) is 0.588. The van der Waals surface area contributed by atoms with E-state index in [-0.39, 0.29) is 24.2 Å². The number of hydrogen-bond donors (Lipinski definition) is 2. The lowest BCUT2D eigenvalue weighted by Crippen LogP contribution is -2.34. The fourth-order valence-corrected chi connectivity index (χ4v) is 3.43. The maximum atomic E-state index is 12.3. The highest BCUT2D eigenvalue weighted by Crippen LogP contribution is 2.36. The molecule has 0 aromatic heterocycles. The molecule has 1 aromatic rings. The predicted molar refractivity (Wildman–Crippen MR) is 98.2 cm³/mol. The van der Waals surface area contributed by atoms with E-state index in [1.807, 2.05) is 13.0 Å². The molecule has 0 spiro atoms. The summed E-state index contributed by atoms with van der Waals surface area (Å²) in [6.07, 6.45) is 3.03. The molecule has 0 heterocycles. The summed E-state index contributed by atoms with van der Waals surface area (Å²) in [6.45, 7) is 3.38. The minimum atomic E-state index is 0. The van der Waals surface area contributed by atoms with Gasteiger partial charge in [0.1, 0.15) is 0 Å². The van der Waals surface area contributed by atoms with Gasteiger partial charge in [-0.2, -0.15) is 0 Å². The Morgan fingerprint density at radius 3 is 2.79 bits per heavy atom. The summed E-state index contributed by atoms with van der Waals surface area (Å²) in [5.41, 5.74) is 6.62. The average molecular weight is 377 g/mol. The standard InChI is InChI=1S/C17H25ClN2O3.ClH/c1-3-23-16-14(18)7-11(8-15(16)22-2)10-20-17(21)13-6-4-5-12(13)9-19;/h7-8,12-13H,3-6,9-10,19H2,1-2H3,(H,20,21);1H/t12-,13-;/m1./s1. The van der Waals surface area contributed by atoms with Gasteiger partial charge in [-0.15, -0.1) is 12.4 Å². The lowest BCUT2D eigenvalue weighted by atomic mass is 9.95. The maximum Gasteiger partial charge on any atom is 0.223 e. The average Bonchev–Trinajstić information content (AvgIpc) is 3.03. The highest BCUT2D eigenvalue weighted by atomic mass is 35.5. The van der Waals surface area contributed by atoms with E-state index in [4.69, 9.17) is 26.8 Å². The lowest BCUT2D eigenvalue weighted by Gasteiger charge is -2.18. The minimum absolute atomic E-state index is 0. The van der Waals surface area contributed by atoms with Gasteiger partial charge in [-0.3, -0.25) is 4.79 Å². The van der Waals surface area contributed by atoms with E-state index in [0.717, 1.165) is 24.8 Å². The van der Waals surface area contributed by atoms with Crippen LogP contribution in [0.25, 0.3) is 0 Å². The van der Waals surface area contributed by atoms with Crippen LogP contribution in [0.5, 0.6) is 11.5 Å². The van der Waals surface area contributed by atoms with Crippen LogP contribution in [-0.2, 0) is 11.3 Å². The van der Waals surface area contributed by atoms with Crippen molar-refractivity contribution >= 4 is 29.9 Å². The molecule has 1 fully saturated rings. The van der Waals surface area contributed by atoms with Crippen molar-refractivity contribution in [1.82, 2.24) is 5.32 Å². The topological polar surface area (TPSA) is 73.6 Å². The van der Waals surface area contributed by atoms with Crippen LogP contribution in [-0.4, -0.2) is 26.2 Å². The quantitative estimate of drug-likeness (QED) is 0.766. The Balaban J connectivity index is 0.00000288. The first-order valence-corrected chi connectivity index (χ1v) is 8.45. The number of methoxy groups -OCH3 is 1. The van der Waals surface area contributed by atoms with Crippen molar-refractivity contribution in [2.75, 3.05) is 20.3 Å². The predicted octanol–water partition coefficient (Wildman–Crippen LogP) is 3.16. The van der Waals surface area contributed by atoms with E-state index in [2.05, 4.69) is 5.32 Å². The molecule has 7 heteroatoms. The first kappa shape index (κ1) is 20.9. The van der Waals surface area contributed by atoms with Crippen LogP contribution >= 0.6 is 24.0 Å². The van der Waals surface area contributed by atoms with Crippen molar-refractivity contribution in [3.63, 3.8) is 0 Å². The van der Waals surface area contributed by atoms with E-state index in [1.165, 1.54) is 0 Å². The number of carbonyl (C=O) groups excluding carboxylic acids is 1. The Hall–Kier alpha value is -1.17. The number of halogens is 2. The molecule has 136 valence electrons. The van der Waals surface area contributed by atoms with Gasteiger partial charge in [-0.1, -0.05) is 18.0 Å². The number of nitrogens with one attached hydrogen (secondary N) is 1. The van der Waals surface area contributed by atoms with Gasteiger partial charge in [0.15, 0.2) is 11.5 Å². The Morgan fingerprint density at radius 2 is 2.17 bits per heavy atom. The van der Waals surface area contributed by atoms with E-state index in [0.29, 0.717) is 42.1 Å². The van der Waals surface area contributed by atoms with Crippen molar-refractivity contribution in [2.24, 2.45) is 17.6 Å². The molecule has 1 aliphatic rings. The molecule has 0 bridgehead atoms. The Morgan fingerprint density at radius 1 is 1.42 bits per heavy atom. The van der Waals surface area contributed by atoms with E-state index in [9.17, 15) is 4.79 Å². The van der Waals surface area contributed by atoms with Crippen molar-refractivity contribution in [1.29, 1.82) is 0 Å². The van der Waals surface area contributed by atoms with Crippen molar-refractivity contribution < 1.29 is 14.3 Å². The maximum absolute atomic E-state index is 12.3. The number of carbonyl (C=O) groups is 1. The van der Waals surface area contributed by atoms with Crippen LogP contribution in [0, 0.1) is 11.8 Å². The van der Waals surface area contributed by atoms with Crippen LogP contribution in [0.2, 0.25) is 5.02 Å². The van der Waals surface area contributed by atoms with Crippen LogP contribution in [0.1, 0.15) is 31.7 Å². The lowest BCUT2D eigenvalue weighted by molar-refractivity contribution is -0.126. The normalized spacial score (nSPS) is 19.5. The third kappa shape index (κ3) is 4.91. The van der Waals surface area contributed by atoms with Crippen molar-refractivity contribution in [2.45, 2.75) is 32.7 Å². The number of ether oxygens (including phenoxy) is 2.